The quantitative estimate of drug-likeness (QED) is 0.871. The second-order valence-electron chi connectivity index (χ2n) is 4.37. The lowest BCUT2D eigenvalue weighted by Gasteiger charge is -2.06. The molecule has 0 amide bonds. The van der Waals surface area contributed by atoms with Crippen LogP contribution in [0.1, 0.15) is 19.2 Å². The molecule has 0 aliphatic heterocycles. The first-order valence-electron chi connectivity index (χ1n) is 6.13. The SMILES string of the molecule is CC/C=C/c1nc(F)cn1-c1ccc(S(C)(=O)=O)cc1. The summed E-state index contributed by atoms with van der Waals surface area (Å²) in [5, 5.41) is 0. The number of sulfone groups is 1. The molecule has 0 saturated carbocycles. The van der Waals surface area contributed by atoms with Crippen LogP contribution in [0.5, 0.6) is 0 Å². The molecule has 4 nitrogen and oxygen atoms in total. The van der Waals surface area contributed by atoms with E-state index >= 15 is 0 Å². The second-order valence-corrected chi connectivity index (χ2v) is 6.38. The van der Waals surface area contributed by atoms with Crippen LogP contribution in [0.3, 0.4) is 0 Å². The molecule has 20 heavy (non-hydrogen) atoms. The predicted molar refractivity (Wildman–Crippen MR) is 76.0 cm³/mol. The zero-order valence-electron chi connectivity index (χ0n) is 11.2. The van der Waals surface area contributed by atoms with Gasteiger partial charge in [-0.3, -0.25) is 4.57 Å². The summed E-state index contributed by atoms with van der Waals surface area (Å²) >= 11 is 0. The summed E-state index contributed by atoms with van der Waals surface area (Å²) in [4.78, 5) is 4.02. The smallest absolute Gasteiger partial charge is 0.231 e. The molecule has 0 N–H and O–H groups in total. The Labute approximate surface area is 117 Å². The fourth-order valence-electron chi connectivity index (χ4n) is 1.77. The van der Waals surface area contributed by atoms with E-state index in [0.29, 0.717) is 11.5 Å². The van der Waals surface area contributed by atoms with Crippen LogP contribution in [0.2, 0.25) is 0 Å². The highest BCUT2D eigenvalue weighted by atomic mass is 32.2. The van der Waals surface area contributed by atoms with Gasteiger partial charge in [0.25, 0.3) is 0 Å². The Hall–Kier alpha value is -1.95. The maximum absolute atomic E-state index is 13.3. The van der Waals surface area contributed by atoms with Gasteiger partial charge in [0.2, 0.25) is 5.95 Å². The molecule has 1 aromatic heterocycles. The highest BCUT2D eigenvalue weighted by molar-refractivity contribution is 7.90. The van der Waals surface area contributed by atoms with E-state index in [0.717, 1.165) is 12.7 Å². The van der Waals surface area contributed by atoms with Gasteiger partial charge in [-0.1, -0.05) is 13.0 Å². The zero-order chi connectivity index (χ0) is 14.8. The number of hydrogen-bond acceptors (Lipinski definition) is 3. The monoisotopic (exact) mass is 294 g/mol. The van der Waals surface area contributed by atoms with Crippen molar-refractivity contribution < 1.29 is 12.8 Å². The van der Waals surface area contributed by atoms with Crippen molar-refractivity contribution in [3.05, 3.63) is 48.3 Å². The minimum absolute atomic E-state index is 0.229. The summed E-state index contributed by atoms with van der Waals surface area (Å²) in [5.41, 5.74) is 0.657. The van der Waals surface area contributed by atoms with Crippen molar-refractivity contribution in [2.24, 2.45) is 0 Å². The molecule has 0 atom stereocenters. The van der Waals surface area contributed by atoms with E-state index in [1.165, 1.54) is 18.3 Å². The van der Waals surface area contributed by atoms with Gasteiger partial charge in [-0.2, -0.15) is 4.39 Å². The van der Waals surface area contributed by atoms with Crippen LogP contribution in [-0.4, -0.2) is 24.2 Å². The Morgan fingerprint density at radius 3 is 2.50 bits per heavy atom. The predicted octanol–water partition coefficient (Wildman–Crippen LogP) is 2.84. The van der Waals surface area contributed by atoms with E-state index in [-0.39, 0.29) is 4.90 Å². The lowest BCUT2D eigenvalue weighted by molar-refractivity contribution is 0.589. The third-order valence-corrected chi connectivity index (χ3v) is 3.88. The molecule has 1 aromatic carbocycles. The lowest BCUT2D eigenvalue weighted by atomic mass is 10.3. The van der Waals surface area contributed by atoms with E-state index in [1.54, 1.807) is 22.8 Å². The van der Waals surface area contributed by atoms with Crippen LogP contribution in [0, 0.1) is 5.95 Å². The molecule has 106 valence electrons. The summed E-state index contributed by atoms with van der Waals surface area (Å²) in [6, 6.07) is 6.24. The number of rotatable bonds is 4. The van der Waals surface area contributed by atoms with Gasteiger partial charge in [0.1, 0.15) is 5.82 Å². The average molecular weight is 294 g/mol. The number of benzene rings is 1. The number of nitrogens with zero attached hydrogens (tertiary/aromatic N) is 2. The van der Waals surface area contributed by atoms with Gasteiger partial charge in [-0.15, -0.1) is 0 Å². The molecule has 0 bridgehead atoms. The van der Waals surface area contributed by atoms with Gasteiger partial charge in [0.15, 0.2) is 9.84 Å². The molecule has 1 heterocycles. The van der Waals surface area contributed by atoms with Crippen LogP contribution in [-0.2, 0) is 9.84 Å². The van der Waals surface area contributed by atoms with Crippen LogP contribution in [0.15, 0.2) is 41.4 Å². The normalized spacial score (nSPS) is 12.2. The van der Waals surface area contributed by atoms with Crippen molar-refractivity contribution in [3.8, 4) is 5.69 Å². The topological polar surface area (TPSA) is 52.0 Å². The Kier molecular flexibility index (Phi) is 4.04. The average Bonchev–Trinajstić information content (AvgIpc) is 2.76. The fraction of sp³-hybridized carbons (Fsp3) is 0.214. The summed E-state index contributed by atoms with van der Waals surface area (Å²) in [6.45, 7) is 1.97. The molecule has 0 saturated heterocycles. The van der Waals surface area contributed by atoms with E-state index < -0.39 is 15.8 Å². The number of aromatic nitrogens is 2. The third-order valence-electron chi connectivity index (χ3n) is 2.75. The molecule has 0 radical (unpaired) electrons. The molecular formula is C14H15FN2O2S. The number of allylic oxidation sites excluding steroid dienone is 1. The Balaban J connectivity index is 2.44. The van der Waals surface area contributed by atoms with Crippen LogP contribution >= 0.6 is 0 Å². The van der Waals surface area contributed by atoms with Crippen LogP contribution in [0.4, 0.5) is 4.39 Å². The first kappa shape index (κ1) is 14.5. The van der Waals surface area contributed by atoms with E-state index in [4.69, 9.17) is 0 Å². The van der Waals surface area contributed by atoms with Crippen LogP contribution in [0.25, 0.3) is 11.8 Å². The van der Waals surface area contributed by atoms with Gasteiger partial charge >= 0.3 is 0 Å². The minimum atomic E-state index is -3.23. The largest absolute Gasteiger partial charge is 0.297 e. The molecule has 0 aliphatic carbocycles. The number of imidazole rings is 1. The molecule has 2 rings (SSSR count). The minimum Gasteiger partial charge on any atom is -0.297 e. The molecule has 6 heteroatoms. The van der Waals surface area contributed by atoms with Crippen molar-refractivity contribution in [2.45, 2.75) is 18.2 Å². The van der Waals surface area contributed by atoms with E-state index in [2.05, 4.69) is 4.98 Å². The van der Waals surface area contributed by atoms with Crippen molar-refractivity contribution in [1.82, 2.24) is 9.55 Å². The fourth-order valence-corrected chi connectivity index (χ4v) is 2.40. The van der Waals surface area contributed by atoms with Gasteiger partial charge in [0.05, 0.1) is 11.1 Å². The zero-order valence-corrected chi connectivity index (χ0v) is 12.1. The molecular weight excluding hydrogens is 279 g/mol. The van der Waals surface area contributed by atoms with Gasteiger partial charge in [-0.25, -0.2) is 13.4 Å². The molecule has 0 unspecified atom stereocenters. The summed E-state index contributed by atoms with van der Waals surface area (Å²) in [6.07, 6.45) is 6.84. The second kappa shape index (κ2) is 5.58. The van der Waals surface area contributed by atoms with Gasteiger partial charge < -0.3 is 0 Å². The van der Waals surface area contributed by atoms with Crippen LogP contribution < -0.4 is 0 Å². The van der Waals surface area contributed by atoms with E-state index in [1.807, 2.05) is 13.0 Å². The summed E-state index contributed by atoms with van der Waals surface area (Å²) < 4.78 is 37.7. The maximum Gasteiger partial charge on any atom is 0.231 e. The van der Waals surface area contributed by atoms with Crippen molar-refractivity contribution in [3.63, 3.8) is 0 Å². The first-order valence-corrected chi connectivity index (χ1v) is 8.03. The van der Waals surface area contributed by atoms with Gasteiger partial charge in [-0.05, 0) is 36.8 Å². The molecule has 0 spiro atoms. The standard InChI is InChI=1S/C14H15FN2O2S/c1-3-4-5-14-16-13(15)10-17(14)11-6-8-12(9-7-11)20(2,18)19/h4-10H,3H2,1-2H3/b5-4+. The summed E-state index contributed by atoms with van der Waals surface area (Å²) in [5.74, 6) is -0.107. The Morgan fingerprint density at radius 1 is 1.30 bits per heavy atom. The van der Waals surface area contributed by atoms with Crippen molar-refractivity contribution >= 4 is 15.9 Å². The number of halogens is 1. The van der Waals surface area contributed by atoms with Crippen molar-refractivity contribution in [2.75, 3.05) is 6.26 Å². The highest BCUT2D eigenvalue weighted by Crippen LogP contribution is 2.17. The maximum atomic E-state index is 13.3. The highest BCUT2D eigenvalue weighted by Gasteiger charge is 2.10. The molecule has 2 aromatic rings. The molecule has 0 aliphatic rings. The lowest BCUT2D eigenvalue weighted by Crippen LogP contribution is -1.99. The molecule has 0 fully saturated rings. The van der Waals surface area contributed by atoms with Gasteiger partial charge in [0, 0.05) is 11.9 Å². The van der Waals surface area contributed by atoms with Crippen molar-refractivity contribution in [1.29, 1.82) is 0 Å². The number of hydrogen-bond donors (Lipinski definition) is 0. The third kappa shape index (κ3) is 3.14. The Morgan fingerprint density at radius 2 is 1.95 bits per heavy atom. The van der Waals surface area contributed by atoms with E-state index in [9.17, 15) is 12.8 Å². The Bertz CT molecular complexity index is 731. The summed E-state index contributed by atoms with van der Waals surface area (Å²) in [7, 11) is -3.23. The first-order chi connectivity index (χ1) is 9.41.